The van der Waals surface area contributed by atoms with Crippen LogP contribution in [0.1, 0.15) is 44.5 Å². The molecule has 360 valence electrons. The summed E-state index contributed by atoms with van der Waals surface area (Å²) in [6.07, 6.45) is 0. The van der Waals surface area contributed by atoms with Crippen LogP contribution in [-0.2, 0) is 10.8 Å². The van der Waals surface area contributed by atoms with Crippen molar-refractivity contribution in [3.8, 4) is 78.6 Å². The molecule has 0 unspecified atom stereocenters. The highest BCUT2D eigenvalue weighted by Gasteiger charge is 2.53. The molecule has 16 rings (SSSR count). The van der Waals surface area contributed by atoms with E-state index in [4.69, 9.17) is 9.47 Å². The summed E-state index contributed by atoms with van der Waals surface area (Å²) in [7, 11) is 0. The molecule has 0 N–H and O–H groups in total. The molecule has 4 aliphatic rings. The van der Waals surface area contributed by atoms with Crippen LogP contribution in [0.2, 0.25) is 0 Å². The van der Waals surface area contributed by atoms with E-state index in [0.717, 1.165) is 73.4 Å². The SMILES string of the molecule is c1ccc(-c2cccc(-c3ccc(N(c4ccc(-c5cccc6c5-c5ccccc5C65c6ccccc6Oc6ccccc65)cc4)c4cccc5c4-c4ccccc4C54c5ccccc5Oc5ccccc54)cc3)c2)cc1. The van der Waals surface area contributed by atoms with Gasteiger partial charge in [-0.25, -0.2) is 0 Å². The average molecular weight is 982 g/mol. The lowest BCUT2D eigenvalue weighted by Crippen LogP contribution is -2.32. The van der Waals surface area contributed by atoms with Gasteiger partial charge >= 0.3 is 0 Å². The van der Waals surface area contributed by atoms with Crippen molar-refractivity contribution in [1.82, 2.24) is 0 Å². The molecule has 0 fully saturated rings. The molecular weight excluding hydrogens is 935 g/mol. The molecule has 0 atom stereocenters. The van der Waals surface area contributed by atoms with E-state index in [1.807, 2.05) is 0 Å². The Morgan fingerprint density at radius 2 is 0.584 bits per heavy atom. The highest BCUT2D eigenvalue weighted by Crippen LogP contribution is 2.66. The van der Waals surface area contributed by atoms with Gasteiger partial charge in [0.2, 0.25) is 0 Å². The molecule has 2 aliphatic heterocycles. The molecule has 2 heterocycles. The molecule has 0 bridgehead atoms. The molecule has 12 aromatic rings. The number of fused-ring (bicyclic) bond motifs is 18. The van der Waals surface area contributed by atoms with Gasteiger partial charge in [0.15, 0.2) is 0 Å². The third kappa shape index (κ3) is 6.14. The Bertz CT molecular complexity index is 4250. The Morgan fingerprint density at radius 3 is 1.10 bits per heavy atom. The minimum atomic E-state index is -0.608. The molecule has 2 spiro atoms. The average Bonchev–Trinajstić information content (AvgIpc) is 4.19. The Morgan fingerprint density at radius 1 is 0.234 bits per heavy atom. The summed E-state index contributed by atoms with van der Waals surface area (Å²) in [4.78, 5) is 2.47. The largest absolute Gasteiger partial charge is 0.457 e. The summed E-state index contributed by atoms with van der Waals surface area (Å²) in [5.41, 5.74) is 23.7. The number of rotatable bonds is 6. The summed E-state index contributed by atoms with van der Waals surface area (Å²) < 4.78 is 13.4. The smallest absolute Gasteiger partial charge is 0.132 e. The standard InChI is InChI=1S/C74H47NO2/c1-2-19-48(20-3-1)51-21-16-22-52(47-51)49-39-43-53(44-40-49)75(66-34-18-33-65-72(66)57-24-5-7-27-59(57)74(65)62-30-10-14-37-69(62)77-70-38-15-11-31-63(70)74)54-45-41-50(42-46-54)55-25-17-32-64-71(55)56-23-4-6-26-58(56)73(64)60-28-8-12-35-67(60)76-68-36-13-9-29-61(68)73/h1-47H. The highest BCUT2D eigenvalue weighted by atomic mass is 16.5. The number of hydrogen-bond donors (Lipinski definition) is 0. The van der Waals surface area contributed by atoms with Gasteiger partial charge in [0.1, 0.15) is 23.0 Å². The molecule has 0 amide bonds. The van der Waals surface area contributed by atoms with Gasteiger partial charge in [-0.05, 0) is 133 Å². The molecule has 0 aromatic heterocycles. The van der Waals surface area contributed by atoms with Gasteiger partial charge in [-0.3, -0.25) is 0 Å². The monoisotopic (exact) mass is 981 g/mol. The van der Waals surface area contributed by atoms with E-state index in [1.165, 1.54) is 66.8 Å². The van der Waals surface area contributed by atoms with Crippen LogP contribution in [0.25, 0.3) is 55.6 Å². The van der Waals surface area contributed by atoms with Gasteiger partial charge in [-0.1, -0.05) is 224 Å². The zero-order valence-electron chi connectivity index (χ0n) is 41.9. The predicted molar refractivity (Wildman–Crippen MR) is 312 cm³/mol. The second kappa shape index (κ2) is 16.8. The van der Waals surface area contributed by atoms with Crippen molar-refractivity contribution < 1.29 is 9.47 Å². The summed E-state index contributed by atoms with van der Waals surface area (Å²) in [6.45, 7) is 0. The molecule has 3 nitrogen and oxygen atoms in total. The number of benzene rings is 12. The first-order valence-electron chi connectivity index (χ1n) is 26.6. The van der Waals surface area contributed by atoms with Gasteiger partial charge in [-0.15, -0.1) is 0 Å². The van der Waals surface area contributed by atoms with Crippen LogP contribution in [-0.4, -0.2) is 0 Å². The maximum atomic E-state index is 6.73. The third-order valence-electron chi connectivity index (χ3n) is 16.8. The van der Waals surface area contributed by atoms with Crippen molar-refractivity contribution in [2.45, 2.75) is 10.8 Å². The Kier molecular flexibility index (Phi) is 9.47. The molecule has 0 saturated heterocycles. The van der Waals surface area contributed by atoms with Crippen molar-refractivity contribution in [2.75, 3.05) is 4.90 Å². The quantitative estimate of drug-likeness (QED) is 0.166. The zero-order chi connectivity index (χ0) is 50.7. The van der Waals surface area contributed by atoms with Gasteiger partial charge < -0.3 is 14.4 Å². The third-order valence-corrected chi connectivity index (χ3v) is 16.8. The predicted octanol–water partition coefficient (Wildman–Crippen LogP) is 19.1. The summed E-state index contributed by atoms with van der Waals surface area (Å²) >= 11 is 0. The second-order valence-electron chi connectivity index (χ2n) is 20.6. The van der Waals surface area contributed by atoms with Gasteiger partial charge in [-0.2, -0.15) is 0 Å². The van der Waals surface area contributed by atoms with Crippen LogP contribution < -0.4 is 14.4 Å². The first kappa shape index (κ1) is 43.4. The molecular formula is C74H47NO2. The summed E-state index contributed by atoms with van der Waals surface area (Å²) in [5, 5.41) is 0. The van der Waals surface area contributed by atoms with E-state index < -0.39 is 10.8 Å². The maximum Gasteiger partial charge on any atom is 0.132 e. The lowest BCUT2D eigenvalue weighted by Gasteiger charge is -2.39. The fourth-order valence-corrected chi connectivity index (χ4v) is 13.7. The summed E-state index contributed by atoms with van der Waals surface area (Å²) in [5.74, 6) is 3.54. The second-order valence-corrected chi connectivity index (χ2v) is 20.6. The van der Waals surface area contributed by atoms with E-state index in [9.17, 15) is 0 Å². The number of para-hydroxylation sites is 4. The van der Waals surface area contributed by atoms with E-state index in [-0.39, 0.29) is 0 Å². The minimum absolute atomic E-state index is 0.550. The van der Waals surface area contributed by atoms with Crippen molar-refractivity contribution in [2.24, 2.45) is 0 Å². The normalized spacial score (nSPS) is 13.9. The molecule has 12 aromatic carbocycles. The lowest BCUT2D eigenvalue weighted by molar-refractivity contribution is 0.436. The number of nitrogens with zero attached hydrogens (tertiary/aromatic N) is 1. The highest BCUT2D eigenvalue weighted by molar-refractivity contribution is 6.00. The molecule has 0 radical (unpaired) electrons. The molecule has 77 heavy (non-hydrogen) atoms. The van der Waals surface area contributed by atoms with E-state index in [1.54, 1.807) is 0 Å². The van der Waals surface area contributed by atoms with Crippen molar-refractivity contribution in [3.63, 3.8) is 0 Å². The number of anilines is 3. The van der Waals surface area contributed by atoms with Crippen LogP contribution in [0.4, 0.5) is 17.1 Å². The fraction of sp³-hybridized carbons (Fsp3) is 0.0270. The van der Waals surface area contributed by atoms with Crippen LogP contribution in [0, 0.1) is 0 Å². The van der Waals surface area contributed by atoms with Crippen molar-refractivity contribution in [3.05, 3.63) is 330 Å². The maximum absolute atomic E-state index is 6.73. The van der Waals surface area contributed by atoms with Crippen LogP contribution >= 0.6 is 0 Å². The summed E-state index contributed by atoms with van der Waals surface area (Å²) in [6, 6.07) is 104. The topological polar surface area (TPSA) is 21.7 Å². The van der Waals surface area contributed by atoms with Crippen LogP contribution in [0.5, 0.6) is 23.0 Å². The first-order valence-corrected chi connectivity index (χ1v) is 26.6. The number of ether oxygens (including phenoxy) is 2. The Labute approximate surface area is 448 Å². The van der Waals surface area contributed by atoms with Crippen molar-refractivity contribution in [1.29, 1.82) is 0 Å². The van der Waals surface area contributed by atoms with Gasteiger partial charge in [0.05, 0.1) is 16.5 Å². The minimum Gasteiger partial charge on any atom is -0.457 e. The van der Waals surface area contributed by atoms with Crippen LogP contribution in [0.3, 0.4) is 0 Å². The van der Waals surface area contributed by atoms with Crippen LogP contribution in [0.15, 0.2) is 285 Å². The Balaban J connectivity index is 0.887. The zero-order valence-corrected chi connectivity index (χ0v) is 41.9. The molecule has 0 saturated carbocycles. The van der Waals surface area contributed by atoms with E-state index in [2.05, 4.69) is 290 Å². The Hall–Kier alpha value is -9.96. The number of hydrogen-bond acceptors (Lipinski definition) is 3. The van der Waals surface area contributed by atoms with E-state index >= 15 is 0 Å². The van der Waals surface area contributed by atoms with E-state index in [0.29, 0.717) is 0 Å². The fourth-order valence-electron chi connectivity index (χ4n) is 13.7. The first-order chi connectivity index (χ1) is 38.2. The van der Waals surface area contributed by atoms with Crippen molar-refractivity contribution >= 4 is 17.1 Å². The molecule has 3 heteroatoms. The van der Waals surface area contributed by atoms with Gasteiger partial charge in [0.25, 0.3) is 0 Å². The molecule has 2 aliphatic carbocycles. The lowest BCUT2D eigenvalue weighted by atomic mass is 9.66. The van der Waals surface area contributed by atoms with Gasteiger partial charge in [0, 0.05) is 39.2 Å².